The number of halogens is 1. The highest BCUT2D eigenvalue weighted by Gasteiger charge is 2.44. The number of hydrogen-bond acceptors (Lipinski definition) is 1. The van der Waals surface area contributed by atoms with E-state index in [9.17, 15) is 0 Å². The van der Waals surface area contributed by atoms with Gasteiger partial charge in [0, 0.05) is 6.04 Å². The molecule has 0 saturated carbocycles. The van der Waals surface area contributed by atoms with Gasteiger partial charge in [-0.2, -0.15) is 0 Å². The molecule has 3 rings (SSSR count). The average Bonchev–Trinajstić information content (AvgIpc) is 2.98. The smallest absolute Gasteiger partial charge is 0.176 e. The Bertz CT molecular complexity index is 622. The Kier molecular flexibility index (Phi) is 4.29. The van der Waals surface area contributed by atoms with Crippen LogP contribution in [0.5, 0.6) is 0 Å². The van der Waals surface area contributed by atoms with Crippen molar-refractivity contribution in [3.05, 3.63) is 69.8 Å². The first kappa shape index (κ1) is 16.2. The third-order valence-electron chi connectivity index (χ3n) is 4.82. The van der Waals surface area contributed by atoms with Crippen LogP contribution in [0.25, 0.3) is 0 Å². The van der Waals surface area contributed by atoms with Gasteiger partial charge in [-0.15, -0.1) is 0 Å². The number of alkyl halides is 1. The molecule has 0 spiro atoms. The van der Waals surface area contributed by atoms with Crippen LogP contribution >= 0.6 is 0 Å². The third kappa shape index (κ3) is 3.05. The van der Waals surface area contributed by atoms with Gasteiger partial charge in [-0.1, -0.05) is 58.7 Å². The van der Waals surface area contributed by atoms with Gasteiger partial charge in [-0.25, -0.2) is 4.39 Å². The number of benzene rings is 2. The van der Waals surface area contributed by atoms with E-state index in [0.717, 1.165) is 52.8 Å². The van der Waals surface area contributed by atoms with Crippen LogP contribution in [0.1, 0.15) is 46.2 Å². The van der Waals surface area contributed by atoms with Crippen LogP contribution < -0.4 is 5.32 Å². The van der Waals surface area contributed by atoms with Crippen molar-refractivity contribution in [2.45, 2.75) is 52.2 Å². The SMILES string of the molecule is Cc1cc(C)cc(C(F)(c2cc(C)cc(C)c2)[C@H]2CCCN2)c1. The minimum atomic E-state index is -1.48. The summed E-state index contributed by atoms with van der Waals surface area (Å²) >= 11 is 0. The van der Waals surface area contributed by atoms with E-state index < -0.39 is 5.67 Å². The molecule has 2 aromatic carbocycles. The van der Waals surface area contributed by atoms with Crippen molar-refractivity contribution in [1.82, 2.24) is 5.32 Å². The lowest BCUT2D eigenvalue weighted by atomic mass is 9.79. The van der Waals surface area contributed by atoms with Crippen molar-refractivity contribution < 1.29 is 4.39 Å². The Balaban J connectivity index is 2.21. The van der Waals surface area contributed by atoms with Crippen molar-refractivity contribution in [2.24, 2.45) is 0 Å². The zero-order valence-corrected chi connectivity index (χ0v) is 14.5. The molecule has 0 amide bonds. The van der Waals surface area contributed by atoms with Crippen molar-refractivity contribution in [2.75, 3.05) is 6.54 Å². The van der Waals surface area contributed by atoms with Crippen molar-refractivity contribution in [1.29, 1.82) is 0 Å². The Hall–Kier alpha value is -1.67. The summed E-state index contributed by atoms with van der Waals surface area (Å²) in [7, 11) is 0. The highest BCUT2D eigenvalue weighted by Crippen LogP contribution is 2.41. The standard InChI is InChI=1S/C21H26FN/c1-14-8-15(2)11-18(10-14)21(22,20-6-5-7-23-20)19-12-16(3)9-17(4)13-19/h8-13,20,23H,5-7H2,1-4H3/t20-/m1/s1. The molecule has 23 heavy (non-hydrogen) atoms. The van der Waals surface area contributed by atoms with E-state index in [2.05, 4.69) is 17.4 Å². The molecule has 0 aliphatic carbocycles. The molecule has 122 valence electrons. The van der Waals surface area contributed by atoms with Gasteiger partial charge in [-0.3, -0.25) is 0 Å². The van der Waals surface area contributed by atoms with Crippen molar-refractivity contribution in [3.63, 3.8) is 0 Å². The molecule has 0 unspecified atom stereocenters. The molecule has 2 aromatic rings. The monoisotopic (exact) mass is 311 g/mol. The van der Waals surface area contributed by atoms with Crippen LogP contribution in [-0.4, -0.2) is 12.6 Å². The molecular weight excluding hydrogens is 285 g/mol. The zero-order valence-electron chi connectivity index (χ0n) is 14.5. The van der Waals surface area contributed by atoms with Crippen LogP contribution in [0.3, 0.4) is 0 Å². The van der Waals surface area contributed by atoms with E-state index in [4.69, 9.17) is 0 Å². The topological polar surface area (TPSA) is 12.0 Å². The van der Waals surface area contributed by atoms with Gasteiger partial charge in [0.1, 0.15) is 0 Å². The number of nitrogens with one attached hydrogen (secondary N) is 1. The second-order valence-corrected chi connectivity index (χ2v) is 7.11. The number of hydrogen-bond donors (Lipinski definition) is 1. The minimum Gasteiger partial charge on any atom is -0.310 e. The van der Waals surface area contributed by atoms with Crippen LogP contribution in [0.4, 0.5) is 4.39 Å². The highest BCUT2D eigenvalue weighted by atomic mass is 19.1. The molecule has 1 N–H and O–H groups in total. The van der Waals surface area contributed by atoms with Crippen LogP contribution in [0.15, 0.2) is 36.4 Å². The van der Waals surface area contributed by atoms with Crippen LogP contribution in [0.2, 0.25) is 0 Å². The third-order valence-corrected chi connectivity index (χ3v) is 4.82. The van der Waals surface area contributed by atoms with E-state index in [1.807, 2.05) is 52.0 Å². The summed E-state index contributed by atoms with van der Waals surface area (Å²) in [5, 5.41) is 3.40. The summed E-state index contributed by atoms with van der Waals surface area (Å²) in [6, 6.07) is 12.1. The second-order valence-electron chi connectivity index (χ2n) is 7.11. The Morgan fingerprint density at radius 1 is 0.826 bits per heavy atom. The van der Waals surface area contributed by atoms with Gasteiger partial charge in [-0.05, 0) is 58.2 Å². The quantitative estimate of drug-likeness (QED) is 0.851. The first-order valence-electron chi connectivity index (χ1n) is 8.49. The maximum atomic E-state index is 16.6. The lowest BCUT2D eigenvalue weighted by Crippen LogP contribution is -2.43. The lowest BCUT2D eigenvalue weighted by molar-refractivity contribution is 0.163. The molecule has 2 heteroatoms. The first-order chi connectivity index (χ1) is 10.9. The molecule has 1 aliphatic heterocycles. The summed E-state index contributed by atoms with van der Waals surface area (Å²) in [6.45, 7) is 9.06. The van der Waals surface area contributed by atoms with Gasteiger partial charge in [0.05, 0.1) is 0 Å². The average molecular weight is 311 g/mol. The normalized spacial score (nSPS) is 18.4. The molecule has 1 atom stereocenters. The molecule has 0 radical (unpaired) electrons. The molecule has 0 aromatic heterocycles. The summed E-state index contributed by atoms with van der Waals surface area (Å²) < 4.78 is 16.6. The largest absolute Gasteiger partial charge is 0.310 e. The second kappa shape index (κ2) is 6.09. The van der Waals surface area contributed by atoms with Gasteiger partial charge in [0.25, 0.3) is 0 Å². The fraction of sp³-hybridized carbons (Fsp3) is 0.429. The summed E-state index contributed by atoms with van der Waals surface area (Å²) in [6.07, 6.45) is 1.91. The molecule has 1 fully saturated rings. The van der Waals surface area contributed by atoms with E-state index in [-0.39, 0.29) is 6.04 Å². The summed E-state index contributed by atoms with van der Waals surface area (Å²) in [4.78, 5) is 0. The molecule has 1 saturated heterocycles. The van der Waals surface area contributed by atoms with E-state index in [0.29, 0.717) is 0 Å². The first-order valence-corrected chi connectivity index (χ1v) is 8.49. The Labute approximate surface area is 138 Å². The summed E-state index contributed by atoms with van der Waals surface area (Å²) in [5.74, 6) is 0. The van der Waals surface area contributed by atoms with Gasteiger partial charge < -0.3 is 5.32 Å². The molecule has 1 nitrogen and oxygen atoms in total. The van der Waals surface area contributed by atoms with Gasteiger partial charge in [0.15, 0.2) is 5.67 Å². The van der Waals surface area contributed by atoms with Gasteiger partial charge in [0.2, 0.25) is 0 Å². The molecular formula is C21H26FN. The maximum Gasteiger partial charge on any atom is 0.176 e. The predicted molar refractivity (Wildman–Crippen MR) is 94.7 cm³/mol. The maximum absolute atomic E-state index is 16.6. The lowest BCUT2D eigenvalue weighted by Gasteiger charge is -2.34. The number of aryl methyl sites for hydroxylation is 4. The molecule has 0 bridgehead atoms. The molecule has 1 heterocycles. The Morgan fingerprint density at radius 2 is 1.26 bits per heavy atom. The summed E-state index contributed by atoms with van der Waals surface area (Å²) in [5.41, 5.74) is 4.53. The zero-order chi connectivity index (χ0) is 16.6. The van der Waals surface area contributed by atoms with Crippen molar-refractivity contribution >= 4 is 0 Å². The van der Waals surface area contributed by atoms with Crippen LogP contribution in [-0.2, 0) is 5.67 Å². The Morgan fingerprint density at radius 3 is 1.61 bits per heavy atom. The van der Waals surface area contributed by atoms with E-state index in [1.54, 1.807) is 0 Å². The fourth-order valence-electron chi connectivity index (χ4n) is 3.96. The van der Waals surface area contributed by atoms with Crippen molar-refractivity contribution in [3.8, 4) is 0 Å². The number of rotatable bonds is 3. The predicted octanol–water partition coefficient (Wildman–Crippen LogP) is 4.89. The molecule has 1 aliphatic rings. The highest BCUT2D eigenvalue weighted by molar-refractivity contribution is 5.44. The fourth-order valence-corrected chi connectivity index (χ4v) is 3.96. The van der Waals surface area contributed by atoms with Gasteiger partial charge >= 0.3 is 0 Å². The minimum absolute atomic E-state index is 0.162. The van der Waals surface area contributed by atoms with Crippen LogP contribution in [0, 0.1) is 27.7 Å². The van der Waals surface area contributed by atoms with E-state index in [1.165, 1.54) is 0 Å². The van der Waals surface area contributed by atoms with E-state index >= 15 is 4.39 Å².